The molecule has 0 saturated carbocycles. The van der Waals surface area contributed by atoms with E-state index < -0.39 is 0 Å². The molecule has 0 fully saturated rings. The van der Waals surface area contributed by atoms with Crippen molar-refractivity contribution in [2.24, 2.45) is 0 Å². The van der Waals surface area contributed by atoms with Gasteiger partial charge in [-0.1, -0.05) is 60.7 Å². The summed E-state index contributed by atoms with van der Waals surface area (Å²) < 4.78 is 21.3. The van der Waals surface area contributed by atoms with Crippen LogP contribution in [-0.2, 0) is 28.5 Å². The molecule has 0 heterocycles. The van der Waals surface area contributed by atoms with Crippen LogP contribution in [0, 0.1) is 0 Å². The van der Waals surface area contributed by atoms with Gasteiger partial charge in [0.2, 0.25) is 0 Å². The lowest BCUT2D eigenvalue weighted by atomic mass is 9.93. The molecule has 0 N–H and O–H groups in total. The van der Waals surface area contributed by atoms with Gasteiger partial charge in [-0.3, -0.25) is 9.59 Å². The standard InChI is InChI=1S/C29H40O6/c1-32-20-16-26(24-10-5-3-6-11-24)18-22-34-28(30)14-9-15-29(31)35-23-19-27(17-21-33-2)25-12-7-4-8-13-25/h3-8,10-13,26-27H,9,14-23H2,1-2H3. The van der Waals surface area contributed by atoms with Crippen molar-refractivity contribution in [3.05, 3.63) is 71.8 Å². The van der Waals surface area contributed by atoms with E-state index in [9.17, 15) is 9.59 Å². The van der Waals surface area contributed by atoms with Crippen LogP contribution in [0.5, 0.6) is 0 Å². The van der Waals surface area contributed by atoms with Gasteiger partial charge < -0.3 is 18.9 Å². The summed E-state index contributed by atoms with van der Waals surface area (Å²) in [4.78, 5) is 24.2. The Bertz CT molecular complexity index is 754. The summed E-state index contributed by atoms with van der Waals surface area (Å²) in [5.41, 5.74) is 2.44. The van der Waals surface area contributed by atoms with Crippen LogP contribution in [0.1, 0.15) is 67.9 Å². The van der Waals surface area contributed by atoms with Gasteiger partial charge in [0.1, 0.15) is 0 Å². The fourth-order valence-electron chi connectivity index (χ4n) is 4.08. The topological polar surface area (TPSA) is 71.1 Å². The molecular formula is C29H40O6. The smallest absolute Gasteiger partial charge is 0.305 e. The molecule has 0 bridgehead atoms. The van der Waals surface area contributed by atoms with Crippen LogP contribution in [0.25, 0.3) is 0 Å². The summed E-state index contributed by atoms with van der Waals surface area (Å²) in [5.74, 6) is 0.00479. The minimum absolute atomic E-state index is 0.212. The summed E-state index contributed by atoms with van der Waals surface area (Å²) in [7, 11) is 3.38. The van der Waals surface area contributed by atoms with Crippen LogP contribution in [-0.4, -0.2) is 52.6 Å². The van der Waals surface area contributed by atoms with E-state index in [2.05, 4.69) is 24.3 Å². The first-order valence-corrected chi connectivity index (χ1v) is 12.5. The van der Waals surface area contributed by atoms with Crippen molar-refractivity contribution in [3.63, 3.8) is 0 Å². The third-order valence-electron chi connectivity index (χ3n) is 6.10. The van der Waals surface area contributed by atoms with Crippen molar-refractivity contribution >= 4 is 11.9 Å². The highest BCUT2D eigenvalue weighted by Crippen LogP contribution is 2.24. The highest BCUT2D eigenvalue weighted by Gasteiger charge is 2.15. The first kappa shape index (κ1) is 28.5. The van der Waals surface area contributed by atoms with Crippen molar-refractivity contribution in [1.82, 2.24) is 0 Å². The lowest BCUT2D eigenvalue weighted by Crippen LogP contribution is -2.13. The Morgan fingerprint density at radius 3 is 1.34 bits per heavy atom. The number of hydrogen-bond acceptors (Lipinski definition) is 6. The van der Waals surface area contributed by atoms with Gasteiger partial charge in [-0.15, -0.1) is 0 Å². The molecule has 2 aromatic carbocycles. The maximum Gasteiger partial charge on any atom is 0.305 e. The molecule has 0 aromatic heterocycles. The molecule has 0 aliphatic carbocycles. The second-order valence-corrected chi connectivity index (χ2v) is 8.65. The first-order valence-electron chi connectivity index (χ1n) is 12.5. The summed E-state index contributed by atoms with van der Waals surface area (Å²) in [6, 6.07) is 20.4. The number of hydrogen-bond donors (Lipinski definition) is 0. The first-order chi connectivity index (χ1) is 17.1. The summed E-state index contributed by atoms with van der Waals surface area (Å²) >= 11 is 0. The number of carbonyl (C=O) groups is 2. The van der Waals surface area contributed by atoms with Gasteiger partial charge in [0.15, 0.2) is 0 Å². The van der Waals surface area contributed by atoms with Crippen molar-refractivity contribution in [1.29, 1.82) is 0 Å². The van der Waals surface area contributed by atoms with E-state index in [-0.39, 0.29) is 36.6 Å². The van der Waals surface area contributed by atoms with E-state index in [1.54, 1.807) is 14.2 Å². The summed E-state index contributed by atoms with van der Waals surface area (Å²) in [5, 5.41) is 0. The van der Waals surface area contributed by atoms with E-state index >= 15 is 0 Å². The van der Waals surface area contributed by atoms with Gasteiger partial charge in [-0.2, -0.15) is 0 Å². The quantitative estimate of drug-likeness (QED) is 0.254. The SMILES string of the molecule is COCCC(CCOC(=O)CCCC(=O)OCCC(CCOC)c1ccccc1)c1ccccc1. The molecule has 0 aliphatic rings. The van der Waals surface area contributed by atoms with Crippen LogP contribution in [0.3, 0.4) is 0 Å². The van der Waals surface area contributed by atoms with Gasteiger partial charge >= 0.3 is 11.9 Å². The molecule has 0 spiro atoms. The van der Waals surface area contributed by atoms with Crippen LogP contribution in [0.2, 0.25) is 0 Å². The Labute approximate surface area is 209 Å². The lowest BCUT2D eigenvalue weighted by Gasteiger charge is -2.17. The van der Waals surface area contributed by atoms with E-state index in [1.807, 2.05) is 36.4 Å². The molecule has 2 atom stereocenters. The normalized spacial score (nSPS) is 12.6. The maximum absolute atomic E-state index is 12.1. The Kier molecular flexibility index (Phi) is 14.4. The maximum atomic E-state index is 12.1. The van der Waals surface area contributed by atoms with E-state index in [4.69, 9.17) is 18.9 Å². The number of benzene rings is 2. The molecule has 0 amide bonds. The highest BCUT2D eigenvalue weighted by atomic mass is 16.5. The zero-order valence-electron chi connectivity index (χ0n) is 21.2. The minimum atomic E-state index is -0.278. The second-order valence-electron chi connectivity index (χ2n) is 8.65. The number of rotatable bonds is 18. The third kappa shape index (κ3) is 12.0. The number of ether oxygens (including phenoxy) is 4. The summed E-state index contributed by atoms with van der Waals surface area (Å²) in [6.07, 6.45) is 4.09. The largest absolute Gasteiger partial charge is 0.466 e. The fourth-order valence-corrected chi connectivity index (χ4v) is 4.08. The molecule has 2 rings (SSSR count). The van der Waals surface area contributed by atoms with Gasteiger partial charge in [0.05, 0.1) is 13.2 Å². The Balaban J connectivity index is 1.62. The fraction of sp³-hybridized carbons (Fsp3) is 0.517. The monoisotopic (exact) mass is 484 g/mol. The molecule has 35 heavy (non-hydrogen) atoms. The van der Waals surface area contributed by atoms with Crippen LogP contribution >= 0.6 is 0 Å². The second kappa shape index (κ2) is 17.7. The Hall–Kier alpha value is -2.70. The van der Waals surface area contributed by atoms with E-state index in [0.29, 0.717) is 32.8 Å². The molecule has 192 valence electrons. The molecule has 0 radical (unpaired) electrons. The average molecular weight is 485 g/mol. The molecule has 2 unspecified atom stereocenters. The van der Waals surface area contributed by atoms with Gasteiger partial charge in [-0.25, -0.2) is 0 Å². The predicted octanol–water partition coefficient (Wildman–Crippen LogP) is 5.66. The average Bonchev–Trinajstić information content (AvgIpc) is 2.89. The molecule has 6 nitrogen and oxygen atoms in total. The Morgan fingerprint density at radius 1 is 0.600 bits per heavy atom. The van der Waals surface area contributed by atoms with Gasteiger partial charge in [0, 0.05) is 40.3 Å². The van der Waals surface area contributed by atoms with Crippen molar-refractivity contribution in [3.8, 4) is 0 Å². The van der Waals surface area contributed by atoms with E-state index in [0.717, 1.165) is 25.7 Å². The van der Waals surface area contributed by atoms with Crippen molar-refractivity contribution < 1.29 is 28.5 Å². The number of methoxy groups -OCH3 is 2. The molecule has 0 aliphatic heterocycles. The van der Waals surface area contributed by atoms with Crippen molar-refractivity contribution in [2.75, 3.05) is 40.6 Å². The van der Waals surface area contributed by atoms with Gasteiger partial charge in [-0.05, 0) is 55.1 Å². The van der Waals surface area contributed by atoms with Crippen LogP contribution < -0.4 is 0 Å². The number of carbonyl (C=O) groups excluding carboxylic acids is 2. The van der Waals surface area contributed by atoms with Gasteiger partial charge in [0.25, 0.3) is 0 Å². The predicted molar refractivity (Wildman–Crippen MR) is 136 cm³/mol. The van der Waals surface area contributed by atoms with E-state index in [1.165, 1.54) is 11.1 Å². The molecule has 0 saturated heterocycles. The lowest BCUT2D eigenvalue weighted by molar-refractivity contribution is -0.145. The number of esters is 2. The Morgan fingerprint density at radius 2 is 0.971 bits per heavy atom. The molecule has 2 aromatic rings. The highest BCUT2D eigenvalue weighted by molar-refractivity contribution is 5.72. The van der Waals surface area contributed by atoms with Crippen LogP contribution in [0.4, 0.5) is 0 Å². The zero-order valence-corrected chi connectivity index (χ0v) is 21.2. The summed E-state index contributed by atoms with van der Waals surface area (Å²) in [6.45, 7) is 2.03. The molecular weight excluding hydrogens is 444 g/mol. The molecule has 6 heteroatoms. The third-order valence-corrected chi connectivity index (χ3v) is 6.10. The zero-order chi connectivity index (χ0) is 25.1. The van der Waals surface area contributed by atoms with Crippen molar-refractivity contribution in [2.45, 2.75) is 56.8 Å². The van der Waals surface area contributed by atoms with Crippen LogP contribution in [0.15, 0.2) is 60.7 Å². The minimum Gasteiger partial charge on any atom is -0.466 e.